The molecule has 0 N–H and O–H groups in total. The Morgan fingerprint density at radius 1 is 0.947 bits per heavy atom. The zero-order valence-electron chi connectivity index (χ0n) is 11.9. The fourth-order valence-corrected chi connectivity index (χ4v) is 2.68. The van der Waals surface area contributed by atoms with Gasteiger partial charge in [0.05, 0.1) is 0 Å². The molecule has 0 bridgehead atoms. The van der Waals surface area contributed by atoms with E-state index in [0.29, 0.717) is 5.78 Å². The van der Waals surface area contributed by atoms with Crippen molar-refractivity contribution < 1.29 is 4.79 Å². The molecule has 0 atom stereocenters. The molecule has 0 spiro atoms. The molecule has 2 aromatic carbocycles. The first-order valence-corrected chi connectivity index (χ1v) is 7.29. The van der Waals surface area contributed by atoms with Crippen LogP contribution < -0.4 is 0 Å². The van der Waals surface area contributed by atoms with Gasteiger partial charge in [0.15, 0.2) is 5.78 Å². The summed E-state index contributed by atoms with van der Waals surface area (Å²) in [6.45, 7) is 4.30. The lowest BCUT2D eigenvalue weighted by molar-refractivity contribution is 0.0905. The van der Waals surface area contributed by atoms with Gasteiger partial charge in [-0.1, -0.05) is 63.1 Å². The van der Waals surface area contributed by atoms with E-state index >= 15 is 0 Å². The Morgan fingerprint density at radius 3 is 2.21 bits per heavy atom. The summed E-state index contributed by atoms with van der Waals surface area (Å²) in [4.78, 5) is 12.6. The second-order valence-corrected chi connectivity index (χ2v) is 5.20. The van der Waals surface area contributed by atoms with Crippen molar-refractivity contribution >= 4 is 16.6 Å². The van der Waals surface area contributed by atoms with Crippen molar-refractivity contribution in [2.75, 3.05) is 0 Å². The summed E-state index contributed by atoms with van der Waals surface area (Å²) in [6.07, 6.45) is 4.15. The van der Waals surface area contributed by atoms with Crippen LogP contribution in [-0.2, 0) is 0 Å². The highest BCUT2D eigenvalue weighted by atomic mass is 16.1. The van der Waals surface area contributed by atoms with Crippen LogP contribution in [-0.4, -0.2) is 5.78 Å². The third-order valence-electron chi connectivity index (χ3n) is 3.68. The van der Waals surface area contributed by atoms with Crippen molar-refractivity contribution in [1.29, 1.82) is 0 Å². The summed E-state index contributed by atoms with van der Waals surface area (Å²) < 4.78 is 0. The van der Waals surface area contributed by atoms with Crippen LogP contribution in [0, 0.1) is 5.92 Å². The Bertz CT molecular complexity index is 550. The molecule has 19 heavy (non-hydrogen) atoms. The average Bonchev–Trinajstić information content (AvgIpc) is 2.46. The van der Waals surface area contributed by atoms with Crippen LogP contribution >= 0.6 is 0 Å². The Balaban J connectivity index is 2.29. The maximum atomic E-state index is 12.6. The van der Waals surface area contributed by atoms with Crippen LogP contribution in [0.3, 0.4) is 0 Å². The molecule has 2 aromatic rings. The average molecular weight is 254 g/mol. The fraction of sp³-hybridized carbons (Fsp3) is 0.389. The molecule has 1 heteroatoms. The van der Waals surface area contributed by atoms with Gasteiger partial charge in [0.25, 0.3) is 0 Å². The summed E-state index contributed by atoms with van der Waals surface area (Å²) in [6, 6.07) is 14.3. The third kappa shape index (κ3) is 3.23. The molecule has 0 saturated carbocycles. The Morgan fingerprint density at radius 2 is 1.58 bits per heavy atom. The van der Waals surface area contributed by atoms with E-state index in [4.69, 9.17) is 0 Å². The van der Waals surface area contributed by atoms with Gasteiger partial charge < -0.3 is 0 Å². The summed E-state index contributed by atoms with van der Waals surface area (Å²) in [5, 5.41) is 2.35. The first-order valence-electron chi connectivity index (χ1n) is 7.29. The molecular weight excluding hydrogens is 232 g/mol. The van der Waals surface area contributed by atoms with E-state index in [1.54, 1.807) is 0 Å². The highest BCUT2D eigenvalue weighted by Crippen LogP contribution is 2.22. The van der Waals surface area contributed by atoms with Crippen LogP contribution in [0.25, 0.3) is 10.8 Å². The van der Waals surface area contributed by atoms with E-state index in [2.05, 4.69) is 32.0 Å². The van der Waals surface area contributed by atoms with E-state index in [1.165, 1.54) is 5.39 Å². The van der Waals surface area contributed by atoms with E-state index in [1.807, 2.05) is 24.3 Å². The van der Waals surface area contributed by atoms with E-state index < -0.39 is 0 Å². The molecule has 1 nitrogen and oxygen atoms in total. The quantitative estimate of drug-likeness (QED) is 0.644. The van der Waals surface area contributed by atoms with Gasteiger partial charge in [-0.2, -0.15) is 0 Å². The third-order valence-corrected chi connectivity index (χ3v) is 3.68. The molecule has 0 amide bonds. The minimum atomic E-state index is 0.191. The first-order chi connectivity index (χ1) is 9.26. The van der Waals surface area contributed by atoms with Gasteiger partial charge in [-0.15, -0.1) is 0 Å². The molecule has 100 valence electrons. The van der Waals surface area contributed by atoms with Gasteiger partial charge in [0.2, 0.25) is 0 Å². The van der Waals surface area contributed by atoms with Crippen LogP contribution in [0.4, 0.5) is 0 Å². The zero-order chi connectivity index (χ0) is 13.7. The first kappa shape index (κ1) is 13.8. The second-order valence-electron chi connectivity index (χ2n) is 5.20. The second kappa shape index (κ2) is 6.51. The Kier molecular flexibility index (Phi) is 4.73. The number of fused-ring (bicyclic) bond motifs is 1. The predicted octanol–water partition coefficient (Wildman–Crippen LogP) is 5.24. The molecule has 0 aliphatic rings. The minimum Gasteiger partial charge on any atom is -0.294 e. The molecule has 0 aliphatic carbocycles. The van der Waals surface area contributed by atoms with Crippen LogP contribution in [0.1, 0.15) is 49.9 Å². The predicted molar refractivity (Wildman–Crippen MR) is 81.6 cm³/mol. The summed E-state index contributed by atoms with van der Waals surface area (Å²) in [5.74, 6) is 0.505. The number of carbonyl (C=O) groups is 1. The normalized spacial score (nSPS) is 11.1. The molecule has 0 saturated heterocycles. The molecule has 0 unspecified atom stereocenters. The molecule has 0 radical (unpaired) electrons. The number of ketones is 1. The number of carbonyl (C=O) groups excluding carboxylic acids is 1. The lowest BCUT2D eigenvalue weighted by Gasteiger charge is -2.14. The highest BCUT2D eigenvalue weighted by molar-refractivity contribution is 6.01. The summed E-state index contributed by atoms with van der Waals surface area (Å²) in [5.41, 5.74) is 0.866. The maximum absolute atomic E-state index is 12.6. The maximum Gasteiger partial charge on any atom is 0.165 e. The highest BCUT2D eigenvalue weighted by Gasteiger charge is 2.18. The molecule has 0 aliphatic heterocycles. The van der Waals surface area contributed by atoms with Crippen LogP contribution in [0.5, 0.6) is 0 Å². The topological polar surface area (TPSA) is 17.1 Å². The fourth-order valence-electron chi connectivity index (χ4n) is 2.68. The van der Waals surface area contributed by atoms with E-state index in [9.17, 15) is 4.79 Å². The van der Waals surface area contributed by atoms with Crippen molar-refractivity contribution in [3.05, 3.63) is 48.0 Å². The monoisotopic (exact) mass is 254 g/mol. The summed E-state index contributed by atoms with van der Waals surface area (Å²) in [7, 11) is 0. The van der Waals surface area contributed by atoms with Gasteiger partial charge >= 0.3 is 0 Å². The standard InChI is InChI=1S/C18H22O/c1-3-7-15(8-4-2)18(19)17-12-11-14-9-5-6-10-16(14)13-17/h5-6,9-13,15H,3-4,7-8H2,1-2H3. The lowest BCUT2D eigenvalue weighted by atomic mass is 9.89. The van der Waals surface area contributed by atoms with Gasteiger partial charge in [-0.3, -0.25) is 4.79 Å². The van der Waals surface area contributed by atoms with Crippen LogP contribution in [0.15, 0.2) is 42.5 Å². The number of Topliss-reactive ketones (excluding diaryl/α,β-unsaturated/α-hetero) is 1. The molecule has 0 fully saturated rings. The SMILES string of the molecule is CCCC(CCC)C(=O)c1ccc2ccccc2c1. The van der Waals surface area contributed by atoms with Crippen LogP contribution in [0.2, 0.25) is 0 Å². The number of hydrogen-bond donors (Lipinski definition) is 0. The van der Waals surface area contributed by atoms with Crippen molar-refractivity contribution in [3.63, 3.8) is 0 Å². The summed E-state index contributed by atoms with van der Waals surface area (Å²) >= 11 is 0. The van der Waals surface area contributed by atoms with Crippen molar-refractivity contribution in [3.8, 4) is 0 Å². The smallest absolute Gasteiger partial charge is 0.165 e. The van der Waals surface area contributed by atoms with E-state index in [0.717, 1.165) is 36.6 Å². The molecule has 0 aromatic heterocycles. The van der Waals surface area contributed by atoms with Gasteiger partial charge in [-0.25, -0.2) is 0 Å². The zero-order valence-corrected chi connectivity index (χ0v) is 11.9. The number of hydrogen-bond acceptors (Lipinski definition) is 1. The van der Waals surface area contributed by atoms with E-state index in [-0.39, 0.29) is 5.92 Å². The number of benzene rings is 2. The Hall–Kier alpha value is -1.63. The van der Waals surface area contributed by atoms with Gasteiger partial charge in [0, 0.05) is 11.5 Å². The van der Waals surface area contributed by atoms with Crippen molar-refractivity contribution in [2.24, 2.45) is 5.92 Å². The molecular formula is C18H22O. The van der Waals surface area contributed by atoms with Gasteiger partial charge in [0.1, 0.15) is 0 Å². The largest absolute Gasteiger partial charge is 0.294 e. The lowest BCUT2D eigenvalue weighted by Crippen LogP contribution is -2.14. The van der Waals surface area contributed by atoms with Crippen molar-refractivity contribution in [1.82, 2.24) is 0 Å². The van der Waals surface area contributed by atoms with Gasteiger partial charge in [-0.05, 0) is 29.7 Å². The van der Waals surface area contributed by atoms with Crippen molar-refractivity contribution in [2.45, 2.75) is 39.5 Å². The Labute approximate surface area is 115 Å². The molecule has 2 rings (SSSR count). The molecule has 0 heterocycles. The minimum absolute atomic E-state index is 0.191. The number of rotatable bonds is 6.